The third-order valence-corrected chi connectivity index (χ3v) is 4.11. The van der Waals surface area contributed by atoms with Crippen molar-refractivity contribution >= 4 is 33.6 Å². The lowest BCUT2D eigenvalue weighted by Gasteiger charge is -2.13. The van der Waals surface area contributed by atoms with Crippen molar-refractivity contribution in [2.75, 3.05) is 7.11 Å². The van der Waals surface area contributed by atoms with Gasteiger partial charge in [0.2, 0.25) is 0 Å². The molecule has 7 heteroatoms. The molecule has 2 rings (SSSR count). The van der Waals surface area contributed by atoms with Gasteiger partial charge in [0.25, 0.3) is 5.91 Å². The normalized spacial score (nSPS) is 14.6. The summed E-state index contributed by atoms with van der Waals surface area (Å²) in [4.78, 5) is 35.8. The minimum absolute atomic E-state index is 0.0113. The highest BCUT2D eigenvalue weighted by atomic mass is 79.9. The van der Waals surface area contributed by atoms with Gasteiger partial charge in [-0.05, 0) is 38.0 Å². The number of ether oxygens (including phenoxy) is 2. The number of methoxy groups -OCH3 is 1. The molecule has 0 saturated heterocycles. The van der Waals surface area contributed by atoms with Crippen molar-refractivity contribution in [3.05, 3.63) is 28.2 Å². The fraction of sp³-hybridized carbons (Fsp3) is 0.471. The SMILES string of the molecule is COc1ccc(Br)cc1C(=O)CCC(=O)O[C@@H](C)C(=O)NC1CC1. The predicted molar refractivity (Wildman–Crippen MR) is 91.0 cm³/mol. The van der Waals surface area contributed by atoms with Crippen LogP contribution < -0.4 is 10.1 Å². The standard InChI is InChI=1S/C17H20BrNO5/c1-10(17(22)19-12-4-5-12)24-16(21)8-6-14(20)13-9-11(18)3-7-15(13)23-2/h3,7,9-10,12H,4-6,8H2,1-2H3,(H,19,22)/t10-/m0/s1. The number of esters is 1. The van der Waals surface area contributed by atoms with E-state index in [1.807, 2.05) is 0 Å². The topological polar surface area (TPSA) is 81.7 Å². The maximum atomic E-state index is 12.3. The molecule has 1 amide bonds. The van der Waals surface area contributed by atoms with E-state index in [9.17, 15) is 14.4 Å². The molecule has 130 valence electrons. The Hall–Kier alpha value is -1.89. The summed E-state index contributed by atoms with van der Waals surface area (Å²) in [5.41, 5.74) is 0.402. The van der Waals surface area contributed by atoms with Crippen LogP contribution in [0.15, 0.2) is 22.7 Å². The van der Waals surface area contributed by atoms with Gasteiger partial charge in [0, 0.05) is 16.9 Å². The van der Waals surface area contributed by atoms with Crippen LogP contribution in [-0.2, 0) is 14.3 Å². The number of carbonyl (C=O) groups is 3. The average molecular weight is 398 g/mol. The van der Waals surface area contributed by atoms with Crippen LogP contribution >= 0.6 is 15.9 Å². The van der Waals surface area contributed by atoms with Gasteiger partial charge in [0.15, 0.2) is 11.9 Å². The smallest absolute Gasteiger partial charge is 0.307 e. The predicted octanol–water partition coefficient (Wildman–Crippen LogP) is 2.63. The summed E-state index contributed by atoms with van der Waals surface area (Å²) in [6, 6.07) is 5.31. The molecule has 0 heterocycles. The van der Waals surface area contributed by atoms with Crippen LogP contribution in [0.1, 0.15) is 43.0 Å². The van der Waals surface area contributed by atoms with Crippen molar-refractivity contribution in [1.29, 1.82) is 0 Å². The number of Topliss-reactive ketones (excluding diaryl/α,β-unsaturated/α-hetero) is 1. The highest BCUT2D eigenvalue weighted by Gasteiger charge is 2.27. The van der Waals surface area contributed by atoms with Gasteiger partial charge in [-0.15, -0.1) is 0 Å². The Kier molecular flexibility index (Phi) is 6.36. The number of hydrogen-bond acceptors (Lipinski definition) is 5. The number of amides is 1. The molecule has 0 radical (unpaired) electrons. The molecule has 1 atom stereocenters. The molecule has 1 N–H and O–H groups in total. The number of nitrogens with one attached hydrogen (secondary N) is 1. The molecule has 6 nitrogen and oxygen atoms in total. The molecule has 1 saturated carbocycles. The third-order valence-electron chi connectivity index (χ3n) is 3.62. The molecule has 0 aliphatic heterocycles. The van der Waals surface area contributed by atoms with E-state index < -0.39 is 12.1 Å². The third kappa shape index (κ3) is 5.33. The van der Waals surface area contributed by atoms with Gasteiger partial charge in [-0.25, -0.2) is 0 Å². The minimum Gasteiger partial charge on any atom is -0.496 e. The van der Waals surface area contributed by atoms with Gasteiger partial charge in [0.05, 0.1) is 19.1 Å². The molecule has 0 bridgehead atoms. The van der Waals surface area contributed by atoms with E-state index in [0.29, 0.717) is 11.3 Å². The van der Waals surface area contributed by atoms with E-state index in [1.54, 1.807) is 18.2 Å². The summed E-state index contributed by atoms with van der Waals surface area (Å²) in [6.07, 6.45) is 0.983. The number of carbonyl (C=O) groups excluding carboxylic acids is 3. The van der Waals surface area contributed by atoms with Crippen LogP contribution in [0.5, 0.6) is 5.75 Å². The molecule has 1 fully saturated rings. The number of hydrogen-bond donors (Lipinski definition) is 1. The Morgan fingerprint density at radius 3 is 2.62 bits per heavy atom. The van der Waals surface area contributed by atoms with E-state index in [-0.39, 0.29) is 30.6 Å². The number of halogens is 1. The van der Waals surface area contributed by atoms with E-state index >= 15 is 0 Å². The summed E-state index contributed by atoms with van der Waals surface area (Å²) in [5, 5.41) is 2.77. The second-order valence-corrected chi connectivity index (χ2v) is 6.60. The summed E-state index contributed by atoms with van der Waals surface area (Å²) < 4.78 is 11.0. The van der Waals surface area contributed by atoms with Crippen molar-refractivity contribution in [2.24, 2.45) is 0 Å². The number of ketones is 1. The van der Waals surface area contributed by atoms with Gasteiger partial charge in [-0.1, -0.05) is 15.9 Å². The van der Waals surface area contributed by atoms with Gasteiger partial charge < -0.3 is 14.8 Å². The molecule has 1 aromatic carbocycles. The number of rotatable bonds is 8. The Balaban J connectivity index is 1.83. The first-order chi connectivity index (χ1) is 11.4. The number of benzene rings is 1. The Morgan fingerprint density at radius 1 is 1.29 bits per heavy atom. The van der Waals surface area contributed by atoms with Crippen LogP contribution in [0.4, 0.5) is 0 Å². The summed E-state index contributed by atoms with van der Waals surface area (Å²) >= 11 is 3.30. The lowest BCUT2D eigenvalue weighted by molar-refractivity contribution is -0.154. The fourth-order valence-electron chi connectivity index (χ4n) is 2.10. The maximum Gasteiger partial charge on any atom is 0.307 e. The quantitative estimate of drug-likeness (QED) is 0.538. The second-order valence-electron chi connectivity index (χ2n) is 5.68. The van der Waals surface area contributed by atoms with E-state index in [4.69, 9.17) is 9.47 Å². The van der Waals surface area contributed by atoms with E-state index in [0.717, 1.165) is 17.3 Å². The largest absolute Gasteiger partial charge is 0.496 e. The summed E-state index contributed by atoms with van der Waals surface area (Å²) in [7, 11) is 1.48. The maximum absolute atomic E-state index is 12.3. The molecule has 1 aliphatic carbocycles. The average Bonchev–Trinajstić information content (AvgIpc) is 3.36. The zero-order valence-corrected chi connectivity index (χ0v) is 15.2. The molecule has 0 spiro atoms. The highest BCUT2D eigenvalue weighted by Crippen LogP contribution is 2.24. The van der Waals surface area contributed by atoms with E-state index in [1.165, 1.54) is 14.0 Å². The Labute approximate surface area is 149 Å². The fourth-order valence-corrected chi connectivity index (χ4v) is 2.47. The molecule has 24 heavy (non-hydrogen) atoms. The summed E-state index contributed by atoms with van der Waals surface area (Å²) in [5.74, 6) is -0.643. The van der Waals surface area contributed by atoms with Crippen LogP contribution in [0.25, 0.3) is 0 Å². The van der Waals surface area contributed by atoms with Crippen molar-refractivity contribution in [3.8, 4) is 5.75 Å². The first-order valence-electron chi connectivity index (χ1n) is 7.77. The van der Waals surface area contributed by atoms with Gasteiger partial charge in [-0.3, -0.25) is 14.4 Å². The Morgan fingerprint density at radius 2 is 2.00 bits per heavy atom. The van der Waals surface area contributed by atoms with Crippen molar-refractivity contribution in [2.45, 2.75) is 44.8 Å². The monoisotopic (exact) mass is 397 g/mol. The van der Waals surface area contributed by atoms with Gasteiger partial charge in [0.1, 0.15) is 5.75 Å². The van der Waals surface area contributed by atoms with Crippen LogP contribution in [0.2, 0.25) is 0 Å². The van der Waals surface area contributed by atoms with Gasteiger partial charge >= 0.3 is 5.97 Å². The van der Waals surface area contributed by atoms with Crippen LogP contribution in [0.3, 0.4) is 0 Å². The van der Waals surface area contributed by atoms with E-state index in [2.05, 4.69) is 21.2 Å². The molecule has 1 aliphatic rings. The van der Waals surface area contributed by atoms with Crippen molar-refractivity contribution in [1.82, 2.24) is 5.32 Å². The zero-order chi connectivity index (χ0) is 17.7. The molecular formula is C17H20BrNO5. The first-order valence-corrected chi connectivity index (χ1v) is 8.56. The molecule has 0 aromatic heterocycles. The summed E-state index contributed by atoms with van der Waals surface area (Å²) in [6.45, 7) is 1.52. The lowest BCUT2D eigenvalue weighted by atomic mass is 10.1. The zero-order valence-electron chi connectivity index (χ0n) is 13.6. The Bertz CT molecular complexity index is 642. The molecular weight excluding hydrogens is 378 g/mol. The van der Waals surface area contributed by atoms with Crippen molar-refractivity contribution < 1.29 is 23.9 Å². The second kappa shape index (κ2) is 8.28. The van der Waals surface area contributed by atoms with Crippen LogP contribution in [-0.4, -0.2) is 36.9 Å². The lowest BCUT2D eigenvalue weighted by Crippen LogP contribution is -2.37. The van der Waals surface area contributed by atoms with Crippen molar-refractivity contribution in [3.63, 3.8) is 0 Å². The minimum atomic E-state index is -0.853. The molecule has 1 aromatic rings. The molecule has 0 unspecified atom stereocenters. The highest BCUT2D eigenvalue weighted by molar-refractivity contribution is 9.10. The van der Waals surface area contributed by atoms with Crippen LogP contribution in [0, 0.1) is 0 Å². The first kappa shape index (κ1) is 18.4. The van der Waals surface area contributed by atoms with Gasteiger partial charge in [-0.2, -0.15) is 0 Å².